The van der Waals surface area contributed by atoms with Crippen molar-refractivity contribution in [3.05, 3.63) is 41.4 Å². The van der Waals surface area contributed by atoms with Gasteiger partial charge in [0.15, 0.2) is 5.96 Å². The molecule has 8 nitrogen and oxygen atoms in total. The van der Waals surface area contributed by atoms with E-state index in [9.17, 15) is 4.79 Å². The molecule has 0 aliphatic rings. The van der Waals surface area contributed by atoms with Gasteiger partial charge >= 0.3 is 0 Å². The van der Waals surface area contributed by atoms with Crippen LogP contribution in [0.25, 0.3) is 0 Å². The molecule has 0 atom stereocenters. The van der Waals surface area contributed by atoms with Crippen LogP contribution in [0, 0.1) is 0 Å². The topological polar surface area (TPSA) is 87.4 Å². The van der Waals surface area contributed by atoms with Crippen LogP contribution >= 0.6 is 47.3 Å². The minimum Gasteiger partial charge on any atom is -0.356 e. The quantitative estimate of drug-likeness (QED) is 0.176. The number of benzene rings is 1. The van der Waals surface area contributed by atoms with Gasteiger partial charge in [-0.3, -0.25) is 9.48 Å². The van der Waals surface area contributed by atoms with Gasteiger partial charge in [0.1, 0.15) is 18.7 Å². The first-order valence-corrected chi connectivity index (χ1v) is 9.75. The Balaban J connectivity index is 0.00000392. The first kappa shape index (κ1) is 24.5. The van der Waals surface area contributed by atoms with Crippen molar-refractivity contribution in [2.24, 2.45) is 12.0 Å². The van der Waals surface area contributed by atoms with Crippen molar-refractivity contribution >= 4 is 59.2 Å². The highest BCUT2D eigenvalue weighted by Crippen LogP contribution is 2.19. The third-order valence-corrected chi connectivity index (χ3v) is 4.83. The lowest BCUT2D eigenvalue weighted by molar-refractivity contribution is -0.127. The lowest BCUT2D eigenvalue weighted by atomic mass is 10.4. The SMILES string of the molecule is CN(C)C(=O)CNC(=NCc1ncnn1C)NCCSc1ccc(Cl)cc1.I. The number of carbonyl (C=O) groups is 1. The third kappa shape index (κ3) is 8.65. The molecule has 0 fully saturated rings. The van der Waals surface area contributed by atoms with Crippen LogP contribution in [0.4, 0.5) is 0 Å². The molecule has 28 heavy (non-hydrogen) atoms. The number of aromatic nitrogens is 3. The predicted molar refractivity (Wildman–Crippen MR) is 124 cm³/mol. The molecule has 11 heteroatoms. The summed E-state index contributed by atoms with van der Waals surface area (Å²) in [6.45, 7) is 1.22. The monoisotopic (exact) mass is 537 g/mol. The number of carbonyl (C=O) groups excluding carboxylic acids is 1. The second-order valence-electron chi connectivity index (χ2n) is 5.84. The highest BCUT2D eigenvalue weighted by Gasteiger charge is 2.07. The van der Waals surface area contributed by atoms with Crippen molar-refractivity contribution in [3.63, 3.8) is 0 Å². The number of rotatable bonds is 8. The number of aryl methyl sites for hydroxylation is 1. The maximum Gasteiger partial charge on any atom is 0.241 e. The van der Waals surface area contributed by atoms with Crippen molar-refractivity contribution in [1.29, 1.82) is 0 Å². The van der Waals surface area contributed by atoms with E-state index in [0.717, 1.165) is 21.5 Å². The molecule has 2 aromatic rings. The van der Waals surface area contributed by atoms with Crippen molar-refractivity contribution < 1.29 is 4.79 Å². The zero-order chi connectivity index (χ0) is 19.6. The van der Waals surface area contributed by atoms with Crippen LogP contribution in [-0.2, 0) is 18.4 Å². The maximum absolute atomic E-state index is 11.8. The number of hydrogen-bond acceptors (Lipinski definition) is 5. The van der Waals surface area contributed by atoms with E-state index < -0.39 is 0 Å². The second-order valence-corrected chi connectivity index (χ2v) is 7.44. The number of halogens is 2. The molecule has 1 aromatic carbocycles. The molecule has 154 valence electrons. The first-order valence-electron chi connectivity index (χ1n) is 8.39. The van der Waals surface area contributed by atoms with Gasteiger partial charge in [-0.25, -0.2) is 9.98 Å². The number of nitrogens with zero attached hydrogens (tertiary/aromatic N) is 5. The van der Waals surface area contributed by atoms with Crippen LogP contribution in [-0.4, -0.2) is 64.5 Å². The van der Waals surface area contributed by atoms with E-state index in [1.807, 2.05) is 31.3 Å². The standard InChI is InChI=1S/C17H24ClN7OS.HI/c1-24(2)16(26)11-21-17(20-10-15-22-12-23-25(15)3)19-8-9-27-14-6-4-13(18)5-7-14;/h4-7,12H,8-11H2,1-3H3,(H2,19,20,21);1H. The number of likely N-dealkylation sites (N-methyl/N-ethyl adjacent to an activating group) is 1. The van der Waals surface area contributed by atoms with Gasteiger partial charge in [-0.15, -0.1) is 35.7 Å². The molecule has 1 aromatic heterocycles. The fraction of sp³-hybridized carbons (Fsp3) is 0.412. The summed E-state index contributed by atoms with van der Waals surface area (Å²) in [5.74, 6) is 2.11. The minimum absolute atomic E-state index is 0. The molecule has 0 saturated carbocycles. The summed E-state index contributed by atoms with van der Waals surface area (Å²) in [5, 5.41) is 11.1. The lowest BCUT2D eigenvalue weighted by Crippen LogP contribution is -2.43. The Kier molecular flexibility index (Phi) is 11.2. The van der Waals surface area contributed by atoms with Gasteiger partial charge in [0.25, 0.3) is 0 Å². The number of guanidine groups is 1. The van der Waals surface area contributed by atoms with Gasteiger partial charge in [-0.05, 0) is 24.3 Å². The van der Waals surface area contributed by atoms with Crippen molar-refractivity contribution in [3.8, 4) is 0 Å². The summed E-state index contributed by atoms with van der Waals surface area (Å²) in [6.07, 6.45) is 1.49. The molecular weight excluding hydrogens is 513 g/mol. The van der Waals surface area contributed by atoms with E-state index in [1.54, 1.807) is 30.5 Å². The van der Waals surface area contributed by atoms with E-state index in [0.29, 0.717) is 19.0 Å². The molecule has 1 amide bonds. The molecule has 2 rings (SSSR count). The number of thioether (sulfide) groups is 1. The summed E-state index contributed by atoms with van der Waals surface area (Å²) in [4.78, 5) is 23.1. The summed E-state index contributed by atoms with van der Waals surface area (Å²) in [5.41, 5.74) is 0. The number of nitrogens with one attached hydrogen (secondary N) is 2. The van der Waals surface area contributed by atoms with Crippen LogP contribution in [0.1, 0.15) is 5.82 Å². The molecule has 0 bridgehead atoms. The Labute approximate surface area is 191 Å². The normalized spacial score (nSPS) is 10.9. The smallest absolute Gasteiger partial charge is 0.241 e. The molecule has 2 N–H and O–H groups in total. The molecule has 1 heterocycles. The second kappa shape index (κ2) is 12.8. The van der Waals surface area contributed by atoms with Crippen LogP contribution in [0.2, 0.25) is 5.02 Å². The van der Waals surface area contributed by atoms with Gasteiger partial charge in [0.05, 0.1) is 6.54 Å². The average Bonchev–Trinajstić information content (AvgIpc) is 3.06. The van der Waals surface area contributed by atoms with Gasteiger partial charge in [-0.1, -0.05) is 11.6 Å². The molecule has 0 radical (unpaired) electrons. The van der Waals surface area contributed by atoms with Crippen molar-refractivity contribution in [2.75, 3.05) is 32.9 Å². The van der Waals surface area contributed by atoms with Crippen molar-refractivity contribution in [1.82, 2.24) is 30.3 Å². The van der Waals surface area contributed by atoms with Crippen LogP contribution in [0.3, 0.4) is 0 Å². The molecule has 0 aliphatic heterocycles. The predicted octanol–water partition coefficient (Wildman–Crippen LogP) is 2.00. The first-order chi connectivity index (χ1) is 13.0. The lowest BCUT2D eigenvalue weighted by Gasteiger charge is -2.15. The van der Waals surface area contributed by atoms with E-state index >= 15 is 0 Å². The Bertz CT molecular complexity index is 767. The summed E-state index contributed by atoms with van der Waals surface area (Å²) >= 11 is 7.61. The van der Waals surface area contributed by atoms with Gasteiger partial charge in [0.2, 0.25) is 5.91 Å². The highest BCUT2D eigenvalue weighted by atomic mass is 127. The molecule has 0 spiro atoms. The molecular formula is C17H25ClIN7OS. The zero-order valence-corrected chi connectivity index (χ0v) is 20.0. The van der Waals surface area contributed by atoms with E-state index in [1.165, 1.54) is 11.2 Å². The van der Waals surface area contributed by atoms with Crippen LogP contribution in [0.5, 0.6) is 0 Å². The Morgan fingerprint density at radius 3 is 2.61 bits per heavy atom. The largest absolute Gasteiger partial charge is 0.356 e. The zero-order valence-electron chi connectivity index (χ0n) is 16.1. The van der Waals surface area contributed by atoms with Gasteiger partial charge < -0.3 is 15.5 Å². The Morgan fingerprint density at radius 2 is 2.00 bits per heavy atom. The maximum atomic E-state index is 11.8. The molecule has 0 unspecified atom stereocenters. The van der Waals surface area contributed by atoms with Crippen LogP contribution < -0.4 is 10.6 Å². The summed E-state index contributed by atoms with van der Waals surface area (Å²) < 4.78 is 1.67. The van der Waals surface area contributed by atoms with Crippen molar-refractivity contribution in [2.45, 2.75) is 11.4 Å². The van der Waals surface area contributed by atoms with E-state index in [-0.39, 0.29) is 36.4 Å². The molecule has 0 aliphatic carbocycles. The van der Waals surface area contributed by atoms with E-state index in [2.05, 4.69) is 25.7 Å². The third-order valence-electron chi connectivity index (χ3n) is 3.57. The highest BCUT2D eigenvalue weighted by molar-refractivity contribution is 14.0. The summed E-state index contributed by atoms with van der Waals surface area (Å²) in [7, 11) is 5.25. The number of amides is 1. The molecule has 0 saturated heterocycles. The van der Waals surface area contributed by atoms with Gasteiger partial charge in [-0.2, -0.15) is 5.10 Å². The summed E-state index contributed by atoms with van der Waals surface area (Å²) in [6, 6.07) is 7.73. The fourth-order valence-electron chi connectivity index (χ4n) is 1.97. The van der Waals surface area contributed by atoms with Crippen LogP contribution in [0.15, 0.2) is 40.5 Å². The van der Waals surface area contributed by atoms with Gasteiger partial charge in [0, 0.05) is 43.4 Å². The Morgan fingerprint density at radius 1 is 1.29 bits per heavy atom. The average molecular weight is 538 g/mol. The Hall–Kier alpha value is -1.53. The van der Waals surface area contributed by atoms with E-state index in [4.69, 9.17) is 11.6 Å². The number of aliphatic imine (C=N–C) groups is 1. The minimum atomic E-state index is -0.0290. The number of hydrogen-bond donors (Lipinski definition) is 2. The fourth-order valence-corrected chi connectivity index (χ4v) is 2.87.